The second kappa shape index (κ2) is 14.8. The lowest BCUT2D eigenvalue weighted by molar-refractivity contribution is -0.0606. The number of fused-ring (bicyclic) bond motifs is 1. The van der Waals surface area contributed by atoms with Crippen LogP contribution in [0.25, 0.3) is 11.2 Å². The fourth-order valence-electron chi connectivity index (χ4n) is 5.36. The summed E-state index contributed by atoms with van der Waals surface area (Å²) in [6.07, 6.45) is -2.24. The standard InChI is InChI=1S/C37H36N6O8/c1-21-6-12-24(13-7-21)34(45)48-18-27-29(50-35(46)25-14-8-22(2)9-15-25)30(51-36(47)26-16-10-23(3)11-17-26)33(49-27)43-20-38-28-31(43)40-37(41-32(28)44)39-19-42(4)5/h6-17,19-20,27,29-30,33H,18H2,1-5H3,(H,40,41,44)/b39-19-/t27-,29-,30-,33-/m1/s1. The number of H-pyrrole nitrogens is 1. The van der Waals surface area contributed by atoms with Crippen LogP contribution in [0.5, 0.6) is 0 Å². The Balaban J connectivity index is 1.41. The number of esters is 3. The highest BCUT2D eigenvalue weighted by molar-refractivity contribution is 5.91. The average Bonchev–Trinajstić information content (AvgIpc) is 3.68. The highest BCUT2D eigenvalue weighted by atomic mass is 16.7. The van der Waals surface area contributed by atoms with Crippen LogP contribution in [0.15, 0.2) is 88.9 Å². The van der Waals surface area contributed by atoms with Gasteiger partial charge in [0.15, 0.2) is 29.6 Å². The van der Waals surface area contributed by atoms with Gasteiger partial charge in [0.25, 0.3) is 5.56 Å². The first kappa shape index (κ1) is 34.7. The minimum absolute atomic E-state index is 0.0138. The van der Waals surface area contributed by atoms with E-state index in [0.29, 0.717) is 5.56 Å². The zero-order chi connectivity index (χ0) is 36.2. The molecular formula is C37H36N6O8. The van der Waals surface area contributed by atoms with Crippen LogP contribution in [-0.4, -0.2) is 87.7 Å². The SMILES string of the molecule is Cc1ccc(C(=O)OC[C@H]2O[C@@H](n3cnc4c(=O)[nH]c(/N=C\N(C)C)nc43)[C@H](OC(=O)c3ccc(C)cc3)[C@@H]2OC(=O)c2ccc(C)cc2)cc1. The number of carbonyl (C=O) groups is 3. The third kappa shape index (κ3) is 7.86. The zero-order valence-electron chi connectivity index (χ0n) is 28.6. The van der Waals surface area contributed by atoms with Crippen LogP contribution < -0.4 is 5.56 Å². The number of aliphatic imine (C=N–C) groups is 1. The monoisotopic (exact) mass is 692 g/mol. The van der Waals surface area contributed by atoms with Crippen molar-refractivity contribution in [3.8, 4) is 0 Å². The molecule has 14 heteroatoms. The van der Waals surface area contributed by atoms with Gasteiger partial charge < -0.3 is 23.8 Å². The first-order valence-electron chi connectivity index (χ1n) is 16.1. The molecule has 14 nitrogen and oxygen atoms in total. The molecule has 3 heterocycles. The van der Waals surface area contributed by atoms with Crippen LogP contribution in [-0.2, 0) is 18.9 Å². The lowest BCUT2D eigenvalue weighted by atomic mass is 10.1. The van der Waals surface area contributed by atoms with E-state index in [1.165, 1.54) is 17.2 Å². The zero-order valence-corrected chi connectivity index (χ0v) is 28.6. The lowest BCUT2D eigenvalue weighted by Gasteiger charge is -2.25. The third-order valence-corrected chi connectivity index (χ3v) is 8.12. The number of aromatic amines is 1. The Kier molecular flexibility index (Phi) is 10.0. The molecule has 51 heavy (non-hydrogen) atoms. The minimum Gasteiger partial charge on any atom is -0.459 e. The molecular weight excluding hydrogens is 656 g/mol. The van der Waals surface area contributed by atoms with Crippen LogP contribution in [0, 0.1) is 20.8 Å². The maximum Gasteiger partial charge on any atom is 0.338 e. The second-order valence-electron chi connectivity index (χ2n) is 12.4. The molecule has 5 aromatic rings. The lowest BCUT2D eigenvalue weighted by Crippen LogP contribution is -2.41. The molecule has 0 radical (unpaired) electrons. The summed E-state index contributed by atoms with van der Waals surface area (Å²) in [7, 11) is 3.52. The number of ether oxygens (including phenoxy) is 4. The van der Waals surface area contributed by atoms with E-state index in [1.807, 2.05) is 20.8 Å². The van der Waals surface area contributed by atoms with Gasteiger partial charge in [-0.3, -0.25) is 14.3 Å². The first-order chi connectivity index (χ1) is 24.5. The van der Waals surface area contributed by atoms with Crippen molar-refractivity contribution in [3.05, 3.63) is 123 Å². The summed E-state index contributed by atoms with van der Waals surface area (Å²) >= 11 is 0. The van der Waals surface area contributed by atoms with Crippen molar-refractivity contribution in [2.75, 3.05) is 20.7 Å². The first-order valence-corrected chi connectivity index (χ1v) is 16.1. The summed E-state index contributed by atoms with van der Waals surface area (Å²) in [6.45, 7) is 5.28. The Hall–Kier alpha value is -6.15. The number of carbonyl (C=O) groups excluding carboxylic acids is 3. The molecule has 0 spiro atoms. The van der Waals surface area contributed by atoms with Gasteiger partial charge >= 0.3 is 17.9 Å². The molecule has 4 atom stereocenters. The number of benzene rings is 3. The number of hydrogen-bond donors (Lipinski definition) is 1. The molecule has 3 aromatic carbocycles. The predicted molar refractivity (Wildman–Crippen MR) is 186 cm³/mol. The quantitative estimate of drug-likeness (QED) is 0.0949. The molecule has 2 aromatic heterocycles. The molecule has 262 valence electrons. The van der Waals surface area contributed by atoms with Crippen molar-refractivity contribution in [2.24, 2.45) is 4.99 Å². The van der Waals surface area contributed by atoms with Gasteiger partial charge in [-0.2, -0.15) is 4.98 Å². The number of aryl methyl sites for hydroxylation is 3. The van der Waals surface area contributed by atoms with Gasteiger partial charge in [-0.05, 0) is 57.2 Å². The normalized spacial score (nSPS) is 18.5. The molecule has 6 rings (SSSR count). The Morgan fingerprint density at radius 1 is 0.824 bits per heavy atom. The van der Waals surface area contributed by atoms with Crippen LogP contribution in [0.4, 0.5) is 5.95 Å². The molecule has 1 saturated heterocycles. The average molecular weight is 693 g/mol. The van der Waals surface area contributed by atoms with E-state index in [9.17, 15) is 19.2 Å². The maximum atomic E-state index is 13.6. The van der Waals surface area contributed by atoms with Crippen molar-refractivity contribution in [2.45, 2.75) is 45.3 Å². The summed E-state index contributed by atoms with van der Waals surface area (Å²) in [5, 5.41) is 0. The molecule has 0 bridgehead atoms. The van der Waals surface area contributed by atoms with Gasteiger partial charge in [-0.1, -0.05) is 53.1 Å². The van der Waals surface area contributed by atoms with Gasteiger partial charge in [0.1, 0.15) is 12.7 Å². The Bertz CT molecular complexity index is 2140. The molecule has 0 aliphatic carbocycles. The number of nitrogens with zero attached hydrogens (tertiary/aromatic N) is 5. The number of imidazole rings is 1. The van der Waals surface area contributed by atoms with E-state index in [4.69, 9.17) is 18.9 Å². The van der Waals surface area contributed by atoms with E-state index in [-0.39, 0.29) is 34.8 Å². The number of hydrogen-bond acceptors (Lipinski definition) is 11. The molecule has 1 N–H and O–H groups in total. The van der Waals surface area contributed by atoms with Crippen molar-refractivity contribution in [1.29, 1.82) is 0 Å². The summed E-state index contributed by atoms with van der Waals surface area (Å²) in [4.78, 5) is 70.5. The van der Waals surface area contributed by atoms with Crippen molar-refractivity contribution in [1.82, 2.24) is 24.4 Å². The Morgan fingerprint density at radius 2 is 1.33 bits per heavy atom. The smallest absolute Gasteiger partial charge is 0.338 e. The van der Waals surface area contributed by atoms with Crippen LogP contribution in [0.1, 0.15) is 54.0 Å². The van der Waals surface area contributed by atoms with E-state index in [2.05, 4.69) is 19.9 Å². The van der Waals surface area contributed by atoms with Gasteiger partial charge in [0, 0.05) is 14.1 Å². The van der Waals surface area contributed by atoms with E-state index >= 15 is 0 Å². The highest BCUT2D eigenvalue weighted by Crippen LogP contribution is 2.37. The second-order valence-corrected chi connectivity index (χ2v) is 12.4. The third-order valence-electron chi connectivity index (χ3n) is 8.12. The molecule has 1 aliphatic heterocycles. The summed E-state index contributed by atoms with van der Waals surface area (Å²) in [5.74, 6) is -2.10. The topological polar surface area (TPSA) is 167 Å². The van der Waals surface area contributed by atoms with Crippen LogP contribution in [0.3, 0.4) is 0 Å². The summed E-state index contributed by atoms with van der Waals surface area (Å²) in [6, 6.07) is 20.3. The van der Waals surface area contributed by atoms with E-state index in [1.54, 1.807) is 91.8 Å². The van der Waals surface area contributed by atoms with E-state index in [0.717, 1.165) is 16.7 Å². The molecule has 1 fully saturated rings. The largest absolute Gasteiger partial charge is 0.459 e. The fraction of sp³-hybridized carbons (Fsp3) is 0.270. The van der Waals surface area contributed by atoms with Crippen molar-refractivity contribution < 1.29 is 33.3 Å². The van der Waals surface area contributed by atoms with Crippen LogP contribution >= 0.6 is 0 Å². The Morgan fingerprint density at radius 3 is 1.86 bits per heavy atom. The predicted octanol–water partition coefficient (Wildman–Crippen LogP) is 4.47. The summed E-state index contributed by atoms with van der Waals surface area (Å²) in [5.41, 5.74) is 3.08. The van der Waals surface area contributed by atoms with Crippen molar-refractivity contribution >= 4 is 41.4 Å². The molecule has 0 unspecified atom stereocenters. The molecule has 1 aliphatic rings. The molecule has 0 amide bonds. The maximum absolute atomic E-state index is 13.6. The van der Waals surface area contributed by atoms with Gasteiger partial charge in [-0.25, -0.2) is 24.4 Å². The molecule has 0 saturated carbocycles. The number of nitrogens with one attached hydrogen (secondary N) is 1. The van der Waals surface area contributed by atoms with Gasteiger partial charge in [0.05, 0.1) is 29.4 Å². The highest BCUT2D eigenvalue weighted by Gasteiger charge is 2.52. The summed E-state index contributed by atoms with van der Waals surface area (Å²) < 4.78 is 25.6. The number of rotatable bonds is 10. The minimum atomic E-state index is -1.33. The number of aromatic nitrogens is 4. The van der Waals surface area contributed by atoms with Gasteiger partial charge in [0.2, 0.25) is 5.95 Å². The van der Waals surface area contributed by atoms with Gasteiger partial charge in [-0.15, -0.1) is 0 Å². The van der Waals surface area contributed by atoms with E-state index < -0.39 is 48.0 Å². The van der Waals surface area contributed by atoms with Crippen LogP contribution in [0.2, 0.25) is 0 Å². The Labute approximate surface area is 292 Å². The fourth-order valence-corrected chi connectivity index (χ4v) is 5.36. The van der Waals surface area contributed by atoms with Crippen molar-refractivity contribution in [3.63, 3.8) is 0 Å².